The highest BCUT2D eigenvalue weighted by Crippen LogP contribution is 2.26. The zero-order valence-electron chi connectivity index (χ0n) is 15.4. The first kappa shape index (κ1) is 18.0. The first-order chi connectivity index (χ1) is 13.0. The minimum Gasteiger partial charge on any atom is -0.268 e. The molecule has 1 aliphatic rings. The van der Waals surface area contributed by atoms with Gasteiger partial charge in [-0.1, -0.05) is 30.5 Å². The van der Waals surface area contributed by atoms with Crippen LogP contribution in [0.4, 0.5) is 5.82 Å². The van der Waals surface area contributed by atoms with E-state index >= 15 is 0 Å². The maximum Gasteiger partial charge on any atom is 0.234 e. The second kappa shape index (κ2) is 7.30. The van der Waals surface area contributed by atoms with Crippen LogP contribution in [-0.2, 0) is 16.6 Å². The van der Waals surface area contributed by atoms with E-state index in [-0.39, 0.29) is 11.7 Å². The molecule has 3 aromatic rings. The Hall–Kier alpha value is -2.42. The topological polar surface area (TPSA) is 94.2 Å². The van der Waals surface area contributed by atoms with Gasteiger partial charge in [-0.3, -0.25) is 9.40 Å². The molecule has 0 aromatic carbocycles. The smallest absolute Gasteiger partial charge is 0.234 e. The number of fused-ring (bicyclic) bond motifs is 1. The normalized spacial score (nSPS) is 16.0. The summed E-state index contributed by atoms with van der Waals surface area (Å²) in [5.74, 6) is 0.691. The molecule has 1 fully saturated rings. The van der Waals surface area contributed by atoms with Crippen molar-refractivity contribution < 1.29 is 8.42 Å². The summed E-state index contributed by atoms with van der Waals surface area (Å²) in [7, 11) is -3.44. The summed E-state index contributed by atoms with van der Waals surface area (Å²) in [6.45, 7) is 2.55. The van der Waals surface area contributed by atoms with Gasteiger partial charge in [0.25, 0.3) is 0 Å². The Labute approximate surface area is 158 Å². The van der Waals surface area contributed by atoms with Crippen LogP contribution in [0.5, 0.6) is 0 Å². The molecule has 0 unspecified atom stereocenters. The van der Waals surface area contributed by atoms with Crippen LogP contribution in [0.3, 0.4) is 0 Å². The van der Waals surface area contributed by atoms with Crippen molar-refractivity contribution in [3.05, 3.63) is 41.9 Å². The molecule has 1 saturated carbocycles. The second-order valence-electron chi connectivity index (χ2n) is 7.35. The van der Waals surface area contributed by atoms with Gasteiger partial charge in [0.05, 0.1) is 12.3 Å². The lowest BCUT2D eigenvalue weighted by Gasteiger charge is -2.21. The fourth-order valence-electron chi connectivity index (χ4n) is 3.88. The third kappa shape index (κ3) is 4.13. The van der Waals surface area contributed by atoms with E-state index in [0.717, 1.165) is 36.8 Å². The molecule has 9 heteroatoms. The Morgan fingerprint density at radius 1 is 1.26 bits per heavy atom. The highest BCUT2D eigenvalue weighted by atomic mass is 32.2. The molecule has 3 aromatic heterocycles. The molecule has 3 heterocycles. The summed E-state index contributed by atoms with van der Waals surface area (Å²) in [6, 6.07) is 3.89. The molecule has 144 valence electrons. The molecule has 4 rings (SSSR count). The van der Waals surface area contributed by atoms with Crippen LogP contribution in [0.25, 0.3) is 5.52 Å². The number of anilines is 1. The van der Waals surface area contributed by atoms with E-state index in [1.54, 1.807) is 10.7 Å². The van der Waals surface area contributed by atoms with Crippen molar-refractivity contribution in [2.45, 2.75) is 45.6 Å². The number of aromatic nitrogens is 5. The van der Waals surface area contributed by atoms with Gasteiger partial charge in [0.1, 0.15) is 5.52 Å². The van der Waals surface area contributed by atoms with E-state index < -0.39 is 10.0 Å². The maximum atomic E-state index is 12.6. The fourth-order valence-corrected chi connectivity index (χ4v) is 5.35. The molecule has 0 atom stereocenters. The minimum atomic E-state index is -3.44. The number of hydrogen-bond acceptors (Lipinski definition) is 5. The SMILES string of the molecule is Cc1cc(Cn2cccn2)cn2nnc(NS(=O)(=O)CC3CCCCC3)c12. The van der Waals surface area contributed by atoms with Crippen LogP contribution >= 0.6 is 0 Å². The number of hydrogen-bond donors (Lipinski definition) is 1. The van der Waals surface area contributed by atoms with Crippen molar-refractivity contribution >= 4 is 21.4 Å². The highest BCUT2D eigenvalue weighted by molar-refractivity contribution is 7.92. The molecule has 1 N–H and O–H groups in total. The average Bonchev–Trinajstić information content (AvgIpc) is 3.25. The molecule has 0 spiro atoms. The van der Waals surface area contributed by atoms with Crippen molar-refractivity contribution in [2.75, 3.05) is 10.5 Å². The summed E-state index contributed by atoms with van der Waals surface area (Å²) in [4.78, 5) is 0. The molecule has 1 aliphatic carbocycles. The number of sulfonamides is 1. The molecule has 0 amide bonds. The van der Waals surface area contributed by atoms with Gasteiger partial charge in [0.15, 0.2) is 5.82 Å². The predicted octanol–water partition coefficient (Wildman–Crippen LogP) is 2.60. The Balaban J connectivity index is 1.55. The van der Waals surface area contributed by atoms with Crippen LogP contribution in [0.1, 0.15) is 43.2 Å². The number of nitrogens with zero attached hydrogens (tertiary/aromatic N) is 5. The Morgan fingerprint density at radius 2 is 2.07 bits per heavy atom. The zero-order valence-corrected chi connectivity index (χ0v) is 16.2. The lowest BCUT2D eigenvalue weighted by atomic mass is 9.91. The molecule has 8 nitrogen and oxygen atoms in total. The largest absolute Gasteiger partial charge is 0.268 e. The van der Waals surface area contributed by atoms with Crippen molar-refractivity contribution in [1.82, 2.24) is 24.6 Å². The van der Waals surface area contributed by atoms with Crippen LogP contribution in [0, 0.1) is 12.8 Å². The van der Waals surface area contributed by atoms with Crippen LogP contribution in [0.15, 0.2) is 30.7 Å². The first-order valence-corrected chi connectivity index (χ1v) is 11.0. The minimum absolute atomic E-state index is 0.155. The van der Waals surface area contributed by atoms with E-state index in [2.05, 4.69) is 20.1 Å². The molecular formula is C18H24N6O2S. The monoisotopic (exact) mass is 388 g/mol. The second-order valence-corrected chi connectivity index (χ2v) is 9.12. The molecule has 0 aliphatic heterocycles. The summed E-state index contributed by atoms with van der Waals surface area (Å²) >= 11 is 0. The predicted molar refractivity (Wildman–Crippen MR) is 103 cm³/mol. The number of aryl methyl sites for hydroxylation is 1. The highest BCUT2D eigenvalue weighted by Gasteiger charge is 2.23. The van der Waals surface area contributed by atoms with Gasteiger partial charge >= 0.3 is 0 Å². The van der Waals surface area contributed by atoms with Crippen molar-refractivity contribution in [3.63, 3.8) is 0 Å². The van der Waals surface area contributed by atoms with E-state index in [4.69, 9.17) is 0 Å². The zero-order chi connectivity index (χ0) is 18.9. The van der Waals surface area contributed by atoms with E-state index in [1.807, 2.05) is 36.1 Å². The molecule has 0 bridgehead atoms. The quantitative estimate of drug-likeness (QED) is 0.700. The van der Waals surface area contributed by atoms with Gasteiger partial charge in [-0.05, 0) is 42.9 Å². The van der Waals surface area contributed by atoms with Gasteiger partial charge < -0.3 is 0 Å². The van der Waals surface area contributed by atoms with Gasteiger partial charge in [-0.2, -0.15) is 5.10 Å². The van der Waals surface area contributed by atoms with Crippen molar-refractivity contribution in [1.29, 1.82) is 0 Å². The van der Waals surface area contributed by atoms with Crippen molar-refractivity contribution in [2.24, 2.45) is 5.92 Å². The van der Waals surface area contributed by atoms with E-state index in [1.165, 1.54) is 6.42 Å². The molecule has 0 radical (unpaired) electrons. The Kier molecular flexibility index (Phi) is 4.86. The lowest BCUT2D eigenvalue weighted by molar-refractivity contribution is 0.385. The lowest BCUT2D eigenvalue weighted by Crippen LogP contribution is -2.24. The number of nitrogens with one attached hydrogen (secondary N) is 1. The van der Waals surface area contributed by atoms with E-state index in [0.29, 0.717) is 17.9 Å². The fraction of sp³-hybridized carbons (Fsp3) is 0.500. The first-order valence-electron chi connectivity index (χ1n) is 9.33. The van der Waals surface area contributed by atoms with Gasteiger partial charge in [-0.15, -0.1) is 5.10 Å². The molecule has 0 saturated heterocycles. The van der Waals surface area contributed by atoms with Crippen LogP contribution in [-0.4, -0.2) is 38.8 Å². The van der Waals surface area contributed by atoms with E-state index in [9.17, 15) is 8.42 Å². The van der Waals surface area contributed by atoms with Gasteiger partial charge in [0.2, 0.25) is 10.0 Å². The average molecular weight is 388 g/mol. The maximum absolute atomic E-state index is 12.6. The summed E-state index contributed by atoms with van der Waals surface area (Å²) in [5.41, 5.74) is 2.62. The van der Waals surface area contributed by atoms with Crippen molar-refractivity contribution in [3.8, 4) is 0 Å². The summed E-state index contributed by atoms with van der Waals surface area (Å²) < 4.78 is 31.3. The Bertz CT molecular complexity index is 1020. The summed E-state index contributed by atoms with van der Waals surface area (Å²) in [5, 5.41) is 12.4. The molecule has 27 heavy (non-hydrogen) atoms. The molecular weight excluding hydrogens is 364 g/mol. The van der Waals surface area contributed by atoms with Crippen LogP contribution in [0.2, 0.25) is 0 Å². The third-order valence-electron chi connectivity index (χ3n) is 5.09. The van der Waals surface area contributed by atoms with Crippen LogP contribution < -0.4 is 4.72 Å². The number of pyridine rings is 1. The summed E-state index contributed by atoms with van der Waals surface area (Å²) in [6.07, 6.45) is 10.9. The third-order valence-corrected chi connectivity index (χ3v) is 6.51. The Morgan fingerprint density at radius 3 is 2.81 bits per heavy atom. The number of rotatable bonds is 6. The van der Waals surface area contributed by atoms with Gasteiger partial charge in [0, 0.05) is 18.6 Å². The van der Waals surface area contributed by atoms with Gasteiger partial charge in [-0.25, -0.2) is 12.9 Å². The standard InChI is InChI=1S/C18H24N6O2S/c1-14-10-16(11-23-9-5-8-19-23)12-24-17(14)18(20-22-24)21-27(25,26)13-15-6-3-2-4-7-15/h5,8-10,12,15,21H,2-4,6-7,11,13H2,1H3.